The molecule has 0 fully saturated rings. The number of carbonyl (C=O) groups excluding carboxylic acids is 1. The summed E-state index contributed by atoms with van der Waals surface area (Å²) in [7, 11) is 1.38. The predicted molar refractivity (Wildman–Crippen MR) is 129 cm³/mol. The molecule has 0 aliphatic carbocycles. The number of thiophene rings is 1. The molecule has 4 rings (SSSR count). The first-order valence-corrected chi connectivity index (χ1v) is 11.5. The van der Waals surface area contributed by atoms with Crippen LogP contribution in [0.2, 0.25) is 0 Å². The molecule has 0 aliphatic heterocycles. The van der Waals surface area contributed by atoms with Crippen molar-refractivity contribution in [2.75, 3.05) is 7.11 Å². The van der Waals surface area contributed by atoms with Crippen LogP contribution in [0.25, 0.3) is 21.3 Å². The lowest BCUT2D eigenvalue weighted by atomic mass is 10.0. The first kappa shape index (κ1) is 22.0. The van der Waals surface area contributed by atoms with Gasteiger partial charge in [-0.15, -0.1) is 11.3 Å². The molecule has 0 radical (unpaired) electrons. The van der Waals surface area contributed by atoms with Gasteiger partial charge in [-0.25, -0.2) is 4.98 Å². The summed E-state index contributed by atoms with van der Waals surface area (Å²) in [6.45, 7) is 4.58. The maximum Gasteiger partial charge on any atom is 0.305 e. The Bertz CT molecular complexity index is 1320. The molecule has 2 aromatic carbocycles. The average molecular weight is 447 g/mol. The summed E-state index contributed by atoms with van der Waals surface area (Å²) >= 11 is 1.50. The minimum absolute atomic E-state index is 0.0553. The van der Waals surface area contributed by atoms with Crippen molar-refractivity contribution in [3.8, 4) is 11.1 Å². The van der Waals surface area contributed by atoms with E-state index in [-0.39, 0.29) is 17.9 Å². The highest BCUT2D eigenvalue weighted by atomic mass is 32.1. The van der Waals surface area contributed by atoms with Crippen LogP contribution in [-0.4, -0.2) is 22.6 Å². The Morgan fingerprint density at radius 2 is 1.88 bits per heavy atom. The van der Waals surface area contributed by atoms with E-state index < -0.39 is 0 Å². The van der Waals surface area contributed by atoms with Gasteiger partial charge in [0.2, 0.25) is 0 Å². The predicted octanol–water partition coefficient (Wildman–Crippen LogP) is 5.29. The summed E-state index contributed by atoms with van der Waals surface area (Å²) in [6.07, 6.45) is 1.34. The van der Waals surface area contributed by atoms with Gasteiger partial charge in [0, 0.05) is 30.3 Å². The Balaban J connectivity index is 1.81. The highest BCUT2D eigenvalue weighted by molar-refractivity contribution is 7.17. The van der Waals surface area contributed by atoms with E-state index in [0.29, 0.717) is 30.6 Å². The summed E-state index contributed by atoms with van der Waals surface area (Å²) in [6, 6.07) is 16.3. The average Bonchev–Trinajstić information content (AvgIpc) is 3.22. The summed E-state index contributed by atoms with van der Waals surface area (Å²) in [5.41, 5.74) is 5.38. The van der Waals surface area contributed by atoms with Gasteiger partial charge in [-0.3, -0.25) is 14.2 Å². The lowest BCUT2D eigenvalue weighted by Gasteiger charge is -2.13. The normalized spacial score (nSPS) is 11.1. The second-order valence-corrected chi connectivity index (χ2v) is 8.81. The molecule has 0 atom stereocenters. The molecule has 0 aliphatic rings. The number of esters is 1. The monoisotopic (exact) mass is 446 g/mol. The molecule has 0 saturated heterocycles. The molecule has 0 spiro atoms. The Hall–Kier alpha value is -3.25. The van der Waals surface area contributed by atoms with Crippen LogP contribution in [0.5, 0.6) is 0 Å². The Labute approximate surface area is 191 Å². The first-order valence-electron chi connectivity index (χ1n) is 10.7. The van der Waals surface area contributed by atoms with Crippen LogP contribution in [0.15, 0.2) is 58.7 Å². The van der Waals surface area contributed by atoms with Gasteiger partial charge in [0.15, 0.2) is 0 Å². The molecule has 32 heavy (non-hydrogen) atoms. The second-order valence-electron chi connectivity index (χ2n) is 7.96. The van der Waals surface area contributed by atoms with Crippen molar-refractivity contribution in [2.24, 2.45) is 0 Å². The number of aryl methyl sites for hydroxylation is 2. The fourth-order valence-corrected chi connectivity index (χ4v) is 4.77. The van der Waals surface area contributed by atoms with Crippen molar-refractivity contribution in [3.63, 3.8) is 0 Å². The zero-order valence-corrected chi connectivity index (χ0v) is 19.4. The minimum Gasteiger partial charge on any atom is -0.469 e. The maximum atomic E-state index is 13.7. The smallest absolute Gasteiger partial charge is 0.305 e. The molecule has 2 aromatic heterocycles. The Kier molecular flexibility index (Phi) is 6.51. The molecule has 0 bridgehead atoms. The maximum absolute atomic E-state index is 13.7. The third-order valence-electron chi connectivity index (χ3n) is 5.79. The van der Waals surface area contributed by atoms with Gasteiger partial charge in [0.1, 0.15) is 10.7 Å². The van der Waals surface area contributed by atoms with Gasteiger partial charge < -0.3 is 4.74 Å². The lowest BCUT2D eigenvalue weighted by molar-refractivity contribution is -0.140. The summed E-state index contributed by atoms with van der Waals surface area (Å²) in [4.78, 5) is 31.0. The van der Waals surface area contributed by atoms with Gasteiger partial charge >= 0.3 is 5.97 Å². The standard InChI is InChI=1S/C26H26N2O3S/c1-17-11-12-20(14-18(17)2)21-16-32-25-24(21)26(30)28(13-7-10-23(29)31-3)22(27-25)15-19-8-5-4-6-9-19/h4-6,8-9,11-12,14,16H,7,10,13,15H2,1-3H3. The van der Waals surface area contributed by atoms with Crippen LogP contribution in [-0.2, 0) is 22.5 Å². The zero-order chi connectivity index (χ0) is 22.7. The minimum atomic E-state index is -0.275. The van der Waals surface area contributed by atoms with Gasteiger partial charge in [0.25, 0.3) is 5.56 Å². The first-order chi connectivity index (χ1) is 15.5. The number of fused-ring (bicyclic) bond motifs is 1. The van der Waals surface area contributed by atoms with E-state index >= 15 is 0 Å². The van der Waals surface area contributed by atoms with Crippen molar-refractivity contribution in [1.82, 2.24) is 9.55 Å². The van der Waals surface area contributed by atoms with E-state index in [9.17, 15) is 9.59 Å². The van der Waals surface area contributed by atoms with E-state index in [1.165, 1.54) is 29.6 Å². The van der Waals surface area contributed by atoms with Crippen molar-refractivity contribution < 1.29 is 9.53 Å². The number of rotatable bonds is 7. The lowest BCUT2D eigenvalue weighted by Crippen LogP contribution is -2.26. The third-order valence-corrected chi connectivity index (χ3v) is 6.66. The van der Waals surface area contributed by atoms with Crippen molar-refractivity contribution in [1.29, 1.82) is 0 Å². The SMILES string of the molecule is COC(=O)CCCn1c(Cc2ccccc2)nc2scc(-c3ccc(C)c(C)c3)c2c1=O. The highest BCUT2D eigenvalue weighted by Crippen LogP contribution is 2.32. The number of nitrogens with zero attached hydrogens (tertiary/aromatic N) is 2. The number of benzene rings is 2. The highest BCUT2D eigenvalue weighted by Gasteiger charge is 2.18. The number of methoxy groups -OCH3 is 1. The zero-order valence-electron chi connectivity index (χ0n) is 18.6. The van der Waals surface area contributed by atoms with Gasteiger partial charge in [0.05, 0.1) is 12.5 Å². The fourth-order valence-electron chi connectivity index (χ4n) is 3.82. The second kappa shape index (κ2) is 9.49. The summed E-state index contributed by atoms with van der Waals surface area (Å²) in [5, 5.41) is 2.67. The fraction of sp³-hybridized carbons (Fsp3) is 0.269. The van der Waals surface area contributed by atoms with E-state index in [1.54, 1.807) is 4.57 Å². The molecule has 2 heterocycles. The number of ether oxygens (including phenoxy) is 1. The third kappa shape index (κ3) is 4.50. The Morgan fingerprint density at radius 1 is 1.09 bits per heavy atom. The van der Waals surface area contributed by atoms with E-state index in [1.807, 2.05) is 35.7 Å². The number of carbonyl (C=O) groups is 1. The molecule has 6 heteroatoms. The molecule has 0 saturated carbocycles. The molecule has 0 unspecified atom stereocenters. The largest absolute Gasteiger partial charge is 0.469 e. The number of aromatic nitrogens is 2. The van der Waals surface area contributed by atoms with Crippen LogP contribution in [0, 0.1) is 13.8 Å². The summed E-state index contributed by atoms with van der Waals surface area (Å²) < 4.78 is 6.49. The van der Waals surface area contributed by atoms with Crippen LogP contribution < -0.4 is 5.56 Å². The molecule has 0 amide bonds. The summed E-state index contributed by atoms with van der Waals surface area (Å²) in [5.74, 6) is 0.440. The van der Waals surface area contributed by atoms with E-state index in [2.05, 4.69) is 32.0 Å². The van der Waals surface area contributed by atoms with Crippen molar-refractivity contribution in [2.45, 2.75) is 39.7 Å². The van der Waals surface area contributed by atoms with Crippen LogP contribution in [0.4, 0.5) is 0 Å². The molecule has 0 N–H and O–H groups in total. The van der Waals surface area contributed by atoms with Gasteiger partial charge in [-0.05, 0) is 42.5 Å². The van der Waals surface area contributed by atoms with Gasteiger partial charge in [-0.2, -0.15) is 0 Å². The molecule has 164 valence electrons. The van der Waals surface area contributed by atoms with Crippen molar-refractivity contribution in [3.05, 3.63) is 86.8 Å². The van der Waals surface area contributed by atoms with Crippen LogP contribution >= 0.6 is 11.3 Å². The van der Waals surface area contributed by atoms with Crippen molar-refractivity contribution >= 4 is 27.5 Å². The molecular formula is C26H26N2O3S. The number of hydrogen-bond acceptors (Lipinski definition) is 5. The molecule has 4 aromatic rings. The topological polar surface area (TPSA) is 61.2 Å². The molecular weight excluding hydrogens is 420 g/mol. The quantitative estimate of drug-likeness (QED) is 0.362. The van der Waals surface area contributed by atoms with Crippen LogP contribution in [0.1, 0.15) is 35.4 Å². The van der Waals surface area contributed by atoms with E-state index in [0.717, 1.165) is 21.5 Å². The van der Waals surface area contributed by atoms with Gasteiger partial charge in [-0.1, -0.05) is 48.5 Å². The molecule has 5 nitrogen and oxygen atoms in total. The van der Waals surface area contributed by atoms with Crippen LogP contribution in [0.3, 0.4) is 0 Å². The van der Waals surface area contributed by atoms with E-state index in [4.69, 9.17) is 9.72 Å². The number of hydrogen-bond donors (Lipinski definition) is 0. The Morgan fingerprint density at radius 3 is 2.59 bits per heavy atom.